The Morgan fingerprint density at radius 3 is 2.72 bits per heavy atom. The number of nitrogens with zero attached hydrogens (tertiary/aromatic N) is 3. The molecule has 0 aliphatic heterocycles. The van der Waals surface area contributed by atoms with Gasteiger partial charge in [0, 0.05) is 48.6 Å². The lowest BCUT2D eigenvalue weighted by Gasteiger charge is -2.13. The topological polar surface area (TPSA) is 105 Å². The van der Waals surface area contributed by atoms with E-state index in [9.17, 15) is 17.8 Å². The smallest absolute Gasteiger partial charge is 0.274 e. The maximum atomic E-state index is 14.5. The molecule has 0 radical (unpaired) electrons. The van der Waals surface area contributed by atoms with Gasteiger partial charge in [-0.1, -0.05) is 6.07 Å². The fraction of sp³-hybridized carbons (Fsp3) is 0.200. The van der Waals surface area contributed by atoms with Crippen LogP contribution in [0.1, 0.15) is 17.0 Å². The van der Waals surface area contributed by atoms with Gasteiger partial charge in [-0.05, 0) is 48.7 Å². The van der Waals surface area contributed by atoms with E-state index in [1.807, 2.05) is 29.7 Å². The fourth-order valence-corrected chi connectivity index (χ4v) is 4.82. The lowest BCUT2D eigenvalue weighted by Crippen LogP contribution is -2.19. The molecule has 36 heavy (non-hydrogen) atoms. The van der Waals surface area contributed by atoms with Gasteiger partial charge >= 0.3 is 0 Å². The van der Waals surface area contributed by atoms with E-state index in [4.69, 9.17) is 9.54 Å². The van der Waals surface area contributed by atoms with Crippen molar-refractivity contribution in [3.63, 3.8) is 0 Å². The number of H-pyrrole nitrogens is 1. The Balaban J connectivity index is 1.72. The molecular formula is C25H23F2N5O3S. The van der Waals surface area contributed by atoms with Gasteiger partial charge in [0.25, 0.3) is 5.56 Å². The SMILES string of the molecule is Cc1nc2c(CCNS(=O)O)cc(-c3cn(C)c(=O)c4[nH]ccc34)cc2n1Cc1ccc(F)cc1F. The second-order valence-corrected chi connectivity index (χ2v) is 9.39. The third kappa shape index (κ3) is 4.36. The van der Waals surface area contributed by atoms with Gasteiger partial charge in [0.05, 0.1) is 17.6 Å². The van der Waals surface area contributed by atoms with Crippen molar-refractivity contribution in [2.75, 3.05) is 6.54 Å². The first-order valence-corrected chi connectivity index (χ1v) is 12.3. The minimum absolute atomic E-state index is 0.142. The second kappa shape index (κ2) is 9.41. The highest BCUT2D eigenvalue weighted by molar-refractivity contribution is 7.77. The summed E-state index contributed by atoms with van der Waals surface area (Å²) in [5, 5.41) is 0.755. The van der Waals surface area contributed by atoms with Crippen LogP contribution in [0.4, 0.5) is 8.78 Å². The molecule has 5 rings (SSSR count). The Bertz CT molecular complexity index is 1710. The molecule has 5 aromatic rings. The summed E-state index contributed by atoms with van der Waals surface area (Å²) < 4.78 is 54.1. The molecule has 8 nitrogen and oxygen atoms in total. The predicted molar refractivity (Wildman–Crippen MR) is 135 cm³/mol. The number of benzene rings is 2. The number of imidazole rings is 1. The van der Waals surface area contributed by atoms with E-state index >= 15 is 0 Å². The maximum Gasteiger partial charge on any atom is 0.274 e. The zero-order chi connectivity index (χ0) is 25.6. The molecule has 3 N–H and O–H groups in total. The van der Waals surface area contributed by atoms with Crippen LogP contribution in [-0.2, 0) is 31.3 Å². The minimum atomic E-state index is -2.15. The molecule has 0 bridgehead atoms. The lowest BCUT2D eigenvalue weighted by atomic mass is 9.99. The number of hydrogen-bond donors (Lipinski definition) is 3. The van der Waals surface area contributed by atoms with E-state index in [1.165, 1.54) is 16.7 Å². The summed E-state index contributed by atoms with van der Waals surface area (Å²) in [5.41, 5.74) is 4.50. The molecule has 1 atom stereocenters. The van der Waals surface area contributed by atoms with E-state index in [0.29, 0.717) is 28.8 Å². The minimum Gasteiger partial charge on any atom is -0.357 e. The number of nitrogens with one attached hydrogen (secondary N) is 2. The first kappa shape index (κ1) is 24.0. The van der Waals surface area contributed by atoms with Gasteiger partial charge in [-0.2, -0.15) is 0 Å². The molecule has 0 saturated heterocycles. The predicted octanol–water partition coefficient (Wildman–Crippen LogP) is 3.79. The number of aromatic amines is 1. The third-order valence-corrected chi connectivity index (χ3v) is 6.74. The highest BCUT2D eigenvalue weighted by Crippen LogP contribution is 2.32. The van der Waals surface area contributed by atoms with Crippen molar-refractivity contribution in [1.29, 1.82) is 0 Å². The van der Waals surface area contributed by atoms with Crippen LogP contribution < -0.4 is 10.3 Å². The molecule has 0 amide bonds. The van der Waals surface area contributed by atoms with Crippen molar-refractivity contribution >= 4 is 33.2 Å². The van der Waals surface area contributed by atoms with Crippen LogP contribution >= 0.6 is 0 Å². The summed E-state index contributed by atoms with van der Waals surface area (Å²) in [6.45, 7) is 2.18. The molecule has 0 aliphatic carbocycles. The highest BCUT2D eigenvalue weighted by atomic mass is 32.2. The first-order valence-electron chi connectivity index (χ1n) is 11.2. The van der Waals surface area contributed by atoms with Gasteiger partial charge in [0.15, 0.2) is 0 Å². The molecule has 186 valence electrons. The monoisotopic (exact) mass is 511 g/mol. The number of pyridine rings is 1. The van der Waals surface area contributed by atoms with Gasteiger partial charge in [-0.3, -0.25) is 9.35 Å². The first-order chi connectivity index (χ1) is 17.2. The summed E-state index contributed by atoms with van der Waals surface area (Å²) >= 11 is -2.15. The van der Waals surface area contributed by atoms with Crippen molar-refractivity contribution < 1.29 is 17.5 Å². The molecule has 0 saturated carbocycles. The Morgan fingerprint density at radius 1 is 1.17 bits per heavy atom. The molecule has 1 unspecified atom stereocenters. The molecule has 0 aliphatic rings. The van der Waals surface area contributed by atoms with Crippen LogP contribution in [0, 0.1) is 18.6 Å². The number of hydrogen-bond acceptors (Lipinski definition) is 3. The quantitative estimate of drug-likeness (QED) is 0.289. The van der Waals surface area contributed by atoms with Crippen LogP contribution in [0.5, 0.6) is 0 Å². The van der Waals surface area contributed by atoms with E-state index in [-0.39, 0.29) is 18.6 Å². The largest absolute Gasteiger partial charge is 0.357 e. The van der Waals surface area contributed by atoms with E-state index in [1.54, 1.807) is 19.4 Å². The second-order valence-electron chi connectivity index (χ2n) is 8.60. The summed E-state index contributed by atoms with van der Waals surface area (Å²) in [6, 6.07) is 9.21. The number of aryl methyl sites for hydroxylation is 2. The summed E-state index contributed by atoms with van der Waals surface area (Å²) in [7, 11) is 1.68. The molecule has 0 fully saturated rings. The average molecular weight is 512 g/mol. The van der Waals surface area contributed by atoms with Crippen LogP contribution in [0.3, 0.4) is 0 Å². The summed E-state index contributed by atoms with van der Waals surface area (Å²) in [6.07, 6.45) is 3.87. The van der Waals surface area contributed by atoms with Gasteiger partial charge in [-0.25, -0.2) is 22.7 Å². The third-order valence-electron chi connectivity index (χ3n) is 6.29. The summed E-state index contributed by atoms with van der Waals surface area (Å²) in [4.78, 5) is 20.3. The van der Waals surface area contributed by atoms with Crippen LogP contribution in [-0.4, -0.2) is 34.4 Å². The maximum absolute atomic E-state index is 14.5. The normalized spacial score (nSPS) is 12.6. The molecule has 3 aromatic heterocycles. The van der Waals surface area contributed by atoms with Gasteiger partial charge < -0.3 is 14.1 Å². The van der Waals surface area contributed by atoms with Gasteiger partial charge in [0.1, 0.15) is 23.0 Å². The lowest BCUT2D eigenvalue weighted by molar-refractivity contribution is 0.549. The van der Waals surface area contributed by atoms with Crippen LogP contribution in [0.25, 0.3) is 33.1 Å². The van der Waals surface area contributed by atoms with E-state index in [0.717, 1.165) is 33.7 Å². The van der Waals surface area contributed by atoms with Crippen LogP contribution in [0.2, 0.25) is 0 Å². The number of fused-ring (bicyclic) bond motifs is 2. The molecule has 3 heterocycles. The summed E-state index contributed by atoms with van der Waals surface area (Å²) in [5.74, 6) is -0.653. The average Bonchev–Trinajstić information content (AvgIpc) is 3.43. The van der Waals surface area contributed by atoms with Crippen molar-refractivity contribution in [3.8, 4) is 11.1 Å². The standard InChI is InChI=1S/C25H23F2N5O3S/c1-14-30-23-15(5-8-29-36(34)35)9-17(20-13-31(2)25(33)24-19(20)6-7-28-24)10-22(23)32(14)12-16-3-4-18(26)11-21(16)27/h3-4,6-7,9-11,13,28-29H,5,8,12H2,1-2H3,(H,34,35). The van der Waals surface area contributed by atoms with Gasteiger partial charge in [-0.15, -0.1) is 0 Å². The molecule has 0 spiro atoms. The Hall–Kier alpha value is -3.67. The number of aromatic nitrogens is 4. The van der Waals surface area contributed by atoms with E-state index < -0.39 is 22.9 Å². The number of halogens is 2. The molecule has 2 aromatic carbocycles. The molecular weight excluding hydrogens is 488 g/mol. The Kier molecular flexibility index (Phi) is 6.29. The fourth-order valence-electron chi connectivity index (χ4n) is 4.55. The Labute approximate surface area is 207 Å². The van der Waals surface area contributed by atoms with Gasteiger partial charge in [0.2, 0.25) is 11.3 Å². The zero-order valence-electron chi connectivity index (χ0n) is 19.5. The van der Waals surface area contributed by atoms with Crippen molar-refractivity contribution in [2.45, 2.75) is 19.9 Å². The highest BCUT2D eigenvalue weighted by Gasteiger charge is 2.18. The van der Waals surface area contributed by atoms with Crippen molar-refractivity contribution in [3.05, 3.63) is 87.7 Å². The van der Waals surface area contributed by atoms with Crippen molar-refractivity contribution in [1.82, 2.24) is 23.8 Å². The zero-order valence-corrected chi connectivity index (χ0v) is 20.3. The van der Waals surface area contributed by atoms with Crippen LogP contribution in [0.15, 0.2) is 53.6 Å². The molecule has 11 heteroatoms. The Morgan fingerprint density at radius 2 is 1.97 bits per heavy atom. The van der Waals surface area contributed by atoms with E-state index in [2.05, 4.69) is 9.71 Å². The van der Waals surface area contributed by atoms with Crippen molar-refractivity contribution in [2.24, 2.45) is 7.05 Å². The number of rotatable bonds is 7.